The molecule has 1 heteroatoms. The van der Waals surface area contributed by atoms with Gasteiger partial charge in [0.15, 0.2) is 0 Å². The maximum Gasteiger partial charge on any atom is 0.00956 e. The Morgan fingerprint density at radius 1 is 1.09 bits per heavy atom. The summed E-state index contributed by atoms with van der Waals surface area (Å²) in [5, 5.41) is 3.58. The lowest BCUT2D eigenvalue weighted by molar-refractivity contribution is 0.173. The van der Waals surface area contributed by atoms with Crippen molar-refractivity contribution >= 4 is 0 Å². The first-order valence-corrected chi connectivity index (χ1v) is 5.07. The maximum atomic E-state index is 3.58. The molecule has 0 aromatic rings. The molecule has 1 heterocycles. The highest BCUT2D eigenvalue weighted by Crippen LogP contribution is 2.44. The molecular weight excluding hydrogens is 134 g/mol. The van der Waals surface area contributed by atoms with E-state index in [1.54, 1.807) is 0 Å². The van der Waals surface area contributed by atoms with Gasteiger partial charge in [-0.1, -0.05) is 19.3 Å². The summed E-state index contributed by atoms with van der Waals surface area (Å²) in [7, 11) is 0. The monoisotopic (exact) mass is 153 g/mol. The fraction of sp³-hybridized carbons (Fsp3) is 1.00. The molecule has 1 aliphatic carbocycles. The second-order valence-electron chi connectivity index (χ2n) is 4.35. The Balaban J connectivity index is 2.06. The van der Waals surface area contributed by atoms with Gasteiger partial charge in [-0.3, -0.25) is 0 Å². The van der Waals surface area contributed by atoms with Crippen LogP contribution < -0.4 is 5.32 Å². The first kappa shape index (κ1) is 7.60. The molecule has 0 radical (unpaired) electrons. The summed E-state index contributed by atoms with van der Waals surface area (Å²) in [4.78, 5) is 0. The smallest absolute Gasteiger partial charge is 0.00956 e. The van der Waals surface area contributed by atoms with Gasteiger partial charge < -0.3 is 5.32 Å². The largest absolute Gasteiger partial charge is 0.314 e. The second kappa shape index (κ2) is 2.78. The minimum Gasteiger partial charge on any atom is -0.314 e. The molecule has 64 valence electrons. The van der Waals surface area contributed by atoms with E-state index in [4.69, 9.17) is 0 Å². The lowest BCUT2D eigenvalue weighted by Gasteiger charge is -2.36. The summed E-state index contributed by atoms with van der Waals surface area (Å²) in [6.07, 6.45) is 8.85. The van der Waals surface area contributed by atoms with E-state index in [2.05, 4.69) is 12.2 Å². The number of rotatable bonds is 0. The number of hydrogen-bond acceptors (Lipinski definition) is 1. The van der Waals surface area contributed by atoms with Gasteiger partial charge in [-0.25, -0.2) is 0 Å². The van der Waals surface area contributed by atoms with Crippen LogP contribution in [0.5, 0.6) is 0 Å². The molecule has 0 unspecified atom stereocenters. The van der Waals surface area contributed by atoms with Gasteiger partial charge in [-0.15, -0.1) is 0 Å². The average molecular weight is 153 g/mol. The van der Waals surface area contributed by atoms with Crippen LogP contribution in [0.15, 0.2) is 0 Å². The van der Waals surface area contributed by atoms with Crippen molar-refractivity contribution < 1.29 is 0 Å². The summed E-state index contributed by atoms with van der Waals surface area (Å²) >= 11 is 0. The standard InChI is InChI=1S/C10H19N/c1-9-10(7-8-11-9)5-3-2-4-6-10/h9,11H,2-8H2,1H3/t9-/m0/s1. The fourth-order valence-electron chi connectivity index (χ4n) is 2.91. The maximum absolute atomic E-state index is 3.58. The third-order valence-corrected chi connectivity index (χ3v) is 3.84. The molecule has 1 saturated carbocycles. The molecule has 1 nitrogen and oxygen atoms in total. The Morgan fingerprint density at radius 2 is 1.82 bits per heavy atom. The fourth-order valence-corrected chi connectivity index (χ4v) is 2.91. The van der Waals surface area contributed by atoms with E-state index in [0.29, 0.717) is 0 Å². The third-order valence-electron chi connectivity index (χ3n) is 3.84. The summed E-state index contributed by atoms with van der Waals surface area (Å²) in [5.41, 5.74) is 0.720. The Morgan fingerprint density at radius 3 is 2.36 bits per heavy atom. The highest BCUT2D eigenvalue weighted by Gasteiger charge is 2.40. The molecular formula is C10H19N. The van der Waals surface area contributed by atoms with Crippen LogP contribution in [0.1, 0.15) is 45.4 Å². The Hall–Kier alpha value is -0.0400. The van der Waals surface area contributed by atoms with E-state index >= 15 is 0 Å². The predicted octanol–water partition coefficient (Wildman–Crippen LogP) is 2.32. The minimum absolute atomic E-state index is 0.720. The zero-order chi connectivity index (χ0) is 7.73. The van der Waals surface area contributed by atoms with Crippen LogP contribution >= 0.6 is 0 Å². The molecule has 2 rings (SSSR count). The molecule has 1 aliphatic heterocycles. The van der Waals surface area contributed by atoms with E-state index in [9.17, 15) is 0 Å². The van der Waals surface area contributed by atoms with Crippen molar-refractivity contribution in [3.05, 3.63) is 0 Å². The first-order valence-electron chi connectivity index (χ1n) is 5.07. The van der Waals surface area contributed by atoms with Crippen LogP contribution in [0.25, 0.3) is 0 Å². The number of hydrogen-bond donors (Lipinski definition) is 1. The van der Waals surface area contributed by atoms with E-state index in [-0.39, 0.29) is 0 Å². The summed E-state index contributed by atoms with van der Waals surface area (Å²) in [6, 6.07) is 0.794. The van der Waals surface area contributed by atoms with Crippen LogP contribution in [0.2, 0.25) is 0 Å². The van der Waals surface area contributed by atoms with Gasteiger partial charge in [0.2, 0.25) is 0 Å². The van der Waals surface area contributed by atoms with Crippen molar-refractivity contribution in [2.75, 3.05) is 6.54 Å². The number of nitrogens with one attached hydrogen (secondary N) is 1. The SMILES string of the molecule is C[C@@H]1NCCC12CCCCC2. The third kappa shape index (κ3) is 1.20. The highest BCUT2D eigenvalue weighted by atomic mass is 15.0. The molecule has 0 bridgehead atoms. The lowest BCUT2D eigenvalue weighted by atomic mass is 9.70. The van der Waals surface area contributed by atoms with Gasteiger partial charge in [0.05, 0.1) is 0 Å². The molecule has 0 amide bonds. The summed E-state index contributed by atoms with van der Waals surface area (Å²) in [6.45, 7) is 3.64. The average Bonchev–Trinajstić information content (AvgIpc) is 2.36. The van der Waals surface area contributed by atoms with Crippen molar-refractivity contribution in [1.82, 2.24) is 5.32 Å². The molecule has 2 fully saturated rings. The van der Waals surface area contributed by atoms with Gasteiger partial charge >= 0.3 is 0 Å². The van der Waals surface area contributed by atoms with Crippen LogP contribution in [0, 0.1) is 5.41 Å². The molecule has 0 aromatic carbocycles. The van der Waals surface area contributed by atoms with Crippen LogP contribution in [-0.4, -0.2) is 12.6 Å². The molecule has 1 atom stereocenters. The summed E-state index contributed by atoms with van der Waals surface area (Å²) in [5.74, 6) is 0. The summed E-state index contributed by atoms with van der Waals surface area (Å²) < 4.78 is 0. The minimum atomic E-state index is 0.720. The second-order valence-corrected chi connectivity index (χ2v) is 4.35. The van der Waals surface area contributed by atoms with E-state index in [1.165, 1.54) is 45.1 Å². The van der Waals surface area contributed by atoms with Gasteiger partial charge in [-0.2, -0.15) is 0 Å². The van der Waals surface area contributed by atoms with Crippen molar-refractivity contribution in [3.63, 3.8) is 0 Å². The molecule has 2 aliphatic rings. The van der Waals surface area contributed by atoms with E-state index in [0.717, 1.165) is 11.5 Å². The Labute approximate surface area is 69.6 Å². The molecule has 11 heavy (non-hydrogen) atoms. The first-order chi connectivity index (χ1) is 5.33. The van der Waals surface area contributed by atoms with Crippen molar-refractivity contribution in [2.45, 2.75) is 51.5 Å². The van der Waals surface area contributed by atoms with E-state index in [1.807, 2.05) is 0 Å². The Bertz CT molecular complexity index is 136. The predicted molar refractivity (Wildman–Crippen MR) is 47.6 cm³/mol. The zero-order valence-corrected chi connectivity index (χ0v) is 7.53. The van der Waals surface area contributed by atoms with Gasteiger partial charge in [0, 0.05) is 6.04 Å². The van der Waals surface area contributed by atoms with Gasteiger partial charge in [0.25, 0.3) is 0 Å². The highest BCUT2D eigenvalue weighted by molar-refractivity contribution is 4.95. The van der Waals surface area contributed by atoms with Crippen LogP contribution in [-0.2, 0) is 0 Å². The van der Waals surface area contributed by atoms with E-state index < -0.39 is 0 Å². The van der Waals surface area contributed by atoms with Crippen molar-refractivity contribution in [2.24, 2.45) is 5.41 Å². The Kier molecular flexibility index (Phi) is 1.92. The van der Waals surface area contributed by atoms with Gasteiger partial charge in [-0.05, 0) is 38.1 Å². The zero-order valence-electron chi connectivity index (χ0n) is 7.53. The topological polar surface area (TPSA) is 12.0 Å². The molecule has 1 saturated heterocycles. The van der Waals surface area contributed by atoms with Crippen LogP contribution in [0.4, 0.5) is 0 Å². The molecule has 1 spiro atoms. The van der Waals surface area contributed by atoms with Crippen LogP contribution in [0.3, 0.4) is 0 Å². The van der Waals surface area contributed by atoms with Crippen molar-refractivity contribution in [3.8, 4) is 0 Å². The molecule has 1 N–H and O–H groups in total. The molecule has 0 aromatic heterocycles. The van der Waals surface area contributed by atoms with Crippen molar-refractivity contribution in [1.29, 1.82) is 0 Å². The van der Waals surface area contributed by atoms with Gasteiger partial charge in [0.1, 0.15) is 0 Å². The lowest BCUT2D eigenvalue weighted by Crippen LogP contribution is -2.35. The normalized spacial score (nSPS) is 36.3. The quantitative estimate of drug-likeness (QED) is 0.563.